The molecule has 0 aliphatic carbocycles. The third-order valence-corrected chi connectivity index (χ3v) is 5.93. The molecule has 1 aromatic carbocycles. The molecular formula is C13H16ClN3O2S2. The number of halogens is 1. The van der Waals surface area contributed by atoms with Crippen LogP contribution in [0, 0.1) is 6.92 Å². The summed E-state index contributed by atoms with van der Waals surface area (Å²) >= 11 is 7.43. The molecule has 1 unspecified atom stereocenters. The molecule has 2 rings (SSSR count). The van der Waals surface area contributed by atoms with Crippen LogP contribution in [0.1, 0.15) is 29.2 Å². The minimum absolute atomic E-state index is 0.116. The summed E-state index contributed by atoms with van der Waals surface area (Å²) in [5.74, 6) is 0. The maximum Gasteiger partial charge on any atom is 0.241 e. The fourth-order valence-corrected chi connectivity index (χ4v) is 4.22. The quantitative estimate of drug-likeness (QED) is 0.872. The van der Waals surface area contributed by atoms with Crippen molar-refractivity contribution in [3.8, 4) is 0 Å². The number of thiazole rings is 1. The van der Waals surface area contributed by atoms with Gasteiger partial charge in [0.25, 0.3) is 0 Å². The molecule has 3 N–H and O–H groups in total. The Morgan fingerprint density at radius 1 is 1.48 bits per heavy atom. The van der Waals surface area contributed by atoms with Crippen LogP contribution in [-0.4, -0.2) is 13.4 Å². The van der Waals surface area contributed by atoms with E-state index in [4.69, 9.17) is 17.3 Å². The van der Waals surface area contributed by atoms with Crippen LogP contribution in [0.2, 0.25) is 5.02 Å². The Balaban J connectivity index is 2.24. The predicted octanol–water partition coefficient (Wildman–Crippen LogP) is 2.60. The highest BCUT2D eigenvalue weighted by Crippen LogP contribution is 2.23. The molecule has 1 heterocycles. The molecule has 0 radical (unpaired) electrons. The fraction of sp³-hybridized carbons (Fsp3) is 0.308. The van der Waals surface area contributed by atoms with Crippen LogP contribution < -0.4 is 10.5 Å². The van der Waals surface area contributed by atoms with Gasteiger partial charge in [0.05, 0.1) is 10.9 Å². The second-order valence-corrected chi connectivity index (χ2v) is 7.64. The molecule has 0 fully saturated rings. The van der Waals surface area contributed by atoms with Gasteiger partial charge in [-0.3, -0.25) is 0 Å². The van der Waals surface area contributed by atoms with E-state index >= 15 is 0 Å². The Morgan fingerprint density at radius 2 is 2.19 bits per heavy atom. The Kier molecular flexibility index (Phi) is 5.00. The molecular weight excluding hydrogens is 330 g/mol. The van der Waals surface area contributed by atoms with Gasteiger partial charge in [-0.1, -0.05) is 17.7 Å². The van der Waals surface area contributed by atoms with Crippen LogP contribution in [0.5, 0.6) is 0 Å². The van der Waals surface area contributed by atoms with Crippen LogP contribution in [0.15, 0.2) is 28.5 Å². The predicted molar refractivity (Wildman–Crippen MR) is 84.9 cm³/mol. The van der Waals surface area contributed by atoms with Crippen LogP contribution in [0.4, 0.5) is 0 Å². The SMILES string of the molecule is Cc1csc(C(C)NS(=O)(=O)c2ccc(CN)c(Cl)c2)n1. The van der Waals surface area contributed by atoms with Crippen molar-refractivity contribution in [2.24, 2.45) is 5.73 Å². The minimum atomic E-state index is -3.65. The van der Waals surface area contributed by atoms with E-state index in [1.54, 1.807) is 13.0 Å². The normalized spacial score (nSPS) is 13.3. The topological polar surface area (TPSA) is 85.1 Å². The molecule has 21 heavy (non-hydrogen) atoms. The summed E-state index contributed by atoms with van der Waals surface area (Å²) in [6, 6.07) is 4.12. The van der Waals surface area contributed by atoms with Crippen molar-refractivity contribution in [3.05, 3.63) is 44.9 Å². The molecule has 1 atom stereocenters. The third kappa shape index (κ3) is 3.81. The summed E-state index contributed by atoms with van der Waals surface area (Å²) in [4.78, 5) is 4.40. The number of sulfonamides is 1. The average Bonchev–Trinajstić information content (AvgIpc) is 2.85. The molecule has 0 saturated heterocycles. The summed E-state index contributed by atoms with van der Waals surface area (Å²) in [7, 11) is -3.65. The highest BCUT2D eigenvalue weighted by molar-refractivity contribution is 7.89. The second kappa shape index (κ2) is 6.41. The molecule has 1 aromatic heterocycles. The zero-order chi connectivity index (χ0) is 15.6. The number of hydrogen-bond acceptors (Lipinski definition) is 5. The van der Waals surface area contributed by atoms with Gasteiger partial charge < -0.3 is 5.73 Å². The average molecular weight is 346 g/mol. The van der Waals surface area contributed by atoms with Crippen molar-refractivity contribution in [2.75, 3.05) is 0 Å². The van der Waals surface area contributed by atoms with Gasteiger partial charge in [0.15, 0.2) is 0 Å². The molecule has 0 bridgehead atoms. The summed E-state index contributed by atoms with van der Waals surface area (Å²) in [5.41, 5.74) is 7.09. The van der Waals surface area contributed by atoms with Crippen LogP contribution in [-0.2, 0) is 16.6 Å². The van der Waals surface area contributed by atoms with E-state index in [2.05, 4.69) is 9.71 Å². The highest BCUT2D eigenvalue weighted by Gasteiger charge is 2.20. The molecule has 0 saturated carbocycles. The Labute approximate surface area is 133 Å². The second-order valence-electron chi connectivity index (χ2n) is 4.63. The van der Waals surface area contributed by atoms with Gasteiger partial charge in [-0.05, 0) is 31.5 Å². The first-order valence-corrected chi connectivity index (χ1v) is 9.00. The number of nitrogens with zero attached hydrogens (tertiary/aromatic N) is 1. The first-order valence-electron chi connectivity index (χ1n) is 6.26. The number of nitrogens with two attached hydrogens (primary N) is 1. The van der Waals surface area contributed by atoms with Gasteiger partial charge in [-0.2, -0.15) is 0 Å². The van der Waals surface area contributed by atoms with Gasteiger partial charge in [-0.15, -0.1) is 11.3 Å². The molecule has 0 aliphatic rings. The largest absolute Gasteiger partial charge is 0.326 e. The molecule has 8 heteroatoms. The van der Waals surface area contributed by atoms with Crippen molar-refractivity contribution in [2.45, 2.75) is 31.3 Å². The van der Waals surface area contributed by atoms with Crippen molar-refractivity contribution in [3.63, 3.8) is 0 Å². The molecule has 114 valence electrons. The smallest absolute Gasteiger partial charge is 0.241 e. The maximum atomic E-state index is 12.4. The molecule has 5 nitrogen and oxygen atoms in total. The van der Waals surface area contributed by atoms with Crippen molar-refractivity contribution < 1.29 is 8.42 Å². The van der Waals surface area contributed by atoms with Gasteiger partial charge in [-0.25, -0.2) is 18.1 Å². The lowest BCUT2D eigenvalue weighted by atomic mass is 10.2. The maximum absolute atomic E-state index is 12.4. The van der Waals surface area contributed by atoms with Crippen molar-refractivity contribution >= 4 is 33.0 Å². The van der Waals surface area contributed by atoms with Crippen LogP contribution >= 0.6 is 22.9 Å². The van der Waals surface area contributed by atoms with Gasteiger partial charge in [0.2, 0.25) is 10.0 Å². The summed E-state index contributed by atoms with van der Waals surface area (Å²) in [6.07, 6.45) is 0. The fourth-order valence-electron chi connectivity index (χ4n) is 1.78. The van der Waals surface area contributed by atoms with Gasteiger partial charge in [0, 0.05) is 22.6 Å². The number of hydrogen-bond donors (Lipinski definition) is 2. The first-order chi connectivity index (χ1) is 9.83. The Bertz CT molecular complexity index is 744. The van der Waals surface area contributed by atoms with E-state index in [-0.39, 0.29) is 11.4 Å². The summed E-state index contributed by atoms with van der Waals surface area (Å²) in [5, 5.41) is 2.95. The van der Waals surface area contributed by atoms with E-state index in [9.17, 15) is 8.42 Å². The lowest BCUT2D eigenvalue weighted by Crippen LogP contribution is -2.27. The van der Waals surface area contributed by atoms with Crippen LogP contribution in [0.25, 0.3) is 0 Å². The number of nitrogens with one attached hydrogen (secondary N) is 1. The van der Waals surface area contributed by atoms with E-state index < -0.39 is 16.1 Å². The Hall–Kier alpha value is -0.990. The van der Waals surface area contributed by atoms with Gasteiger partial charge >= 0.3 is 0 Å². The van der Waals surface area contributed by atoms with E-state index in [0.29, 0.717) is 10.6 Å². The number of rotatable bonds is 5. The van der Waals surface area contributed by atoms with E-state index in [1.807, 2.05) is 12.3 Å². The molecule has 0 spiro atoms. The van der Waals surface area contributed by atoms with Crippen LogP contribution in [0.3, 0.4) is 0 Å². The molecule has 0 amide bonds. The van der Waals surface area contributed by atoms with E-state index in [0.717, 1.165) is 10.7 Å². The zero-order valence-electron chi connectivity index (χ0n) is 11.6. The minimum Gasteiger partial charge on any atom is -0.326 e. The lowest BCUT2D eigenvalue weighted by Gasteiger charge is -2.13. The number of aromatic nitrogens is 1. The highest BCUT2D eigenvalue weighted by atomic mass is 35.5. The molecule has 0 aliphatic heterocycles. The molecule has 2 aromatic rings. The Morgan fingerprint density at radius 3 is 2.71 bits per heavy atom. The van der Waals surface area contributed by atoms with E-state index in [1.165, 1.54) is 23.5 Å². The van der Waals surface area contributed by atoms with Crippen molar-refractivity contribution in [1.29, 1.82) is 0 Å². The number of aryl methyl sites for hydroxylation is 1. The van der Waals surface area contributed by atoms with Gasteiger partial charge in [0.1, 0.15) is 5.01 Å². The summed E-state index contributed by atoms with van der Waals surface area (Å²) in [6.45, 7) is 3.89. The third-order valence-electron chi connectivity index (χ3n) is 2.89. The lowest BCUT2D eigenvalue weighted by molar-refractivity contribution is 0.566. The monoisotopic (exact) mass is 345 g/mol. The zero-order valence-corrected chi connectivity index (χ0v) is 14.0. The standard InChI is InChI=1S/C13H16ClN3O2S2/c1-8-7-20-13(16-8)9(2)17-21(18,19)11-4-3-10(6-15)12(14)5-11/h3-5,7,9,17H,6,15H2,1-2H3. The summed E-state index contributed by atoms with van der Waals surface area (Å²) < 4.78 is 27.3. The first kappa shape index (κ1) is 16.4. The number of benzene rings is 1. The van der Waals surface area contributed by atoms with Crippen molar-refractivity contribution in [1.82, 2.24) is 9.71 Å².